The summed E-state index contributed by atoms with van der Waals surface area (Å²) in [5.41, 5.74) is 11.6. The smallest absolute Gasteiger partial charge is 0.252 e. The number of aryl methyl sites for hydroxylation is 2. The fraction of sp³-hybridized carbons (Fsp3) is 0.222. The van der Waals surface area contributed by atoms with Gasteiger partial charge >= 0.3 is 0 Å². The number of hydrogen-bond donors (Lipinski definition) is 4. The zero-order chi connectivity index (χ0) is 19.4. The van der Waals surface area contributed by atoms with Crippen LogP contribution in [0.15, 0.2) is 58.1 Å². The Morgan fingerprint density at radius 1 is 0.731 bits per heavy atom. The summed E-state index contributed by atoms with van der Waals surface area (Å²) in [6.07, 6.45) is 1.46. The van der Waals surface area contributed by atoms with Crippen LogP contribution >= 0.6 is 0 Å². The number of rotatable bonds is 2. The second kappa shape index (κ2) is 11.2. The second-order valence-electron chi connectivity index (χ2n) is 5.11. The van der Waals surface area contributed by atoms with E-state index in [1.807, 2.05) is 50.2 Å². The Morgan fingerprint density at radius 3 is 1.27 bits per heavy atom. The molecule has 1 aromatic carbocycles. The van der Waals surface area contributed by atoms with Gasteiger partial charge in [0.25, 0.3) is 11.1 Å². The standard InChI is InChI=1S/2C6H9N3O.C6H6/c2*1-2-4-3-5(10)9-6(7)8-4;1-2-4-6-5-3-1/h2*3H,2H2,1H3,(H3,7,8,9,10);1-6H. The van der Waals surface area contributed by atoms with E-state index >= 15 is 0 Å². The van der Waals surface area contributed by atoms with Gasteiger partial charge in [0.05, 0.1) is 0 Å². The van der Waals surface area contributed by atoms with E-state index in [1.165, 1.54) is 12.1 Å². The van der Waals surface area contributed by atoms with E-state index in [0.717, 1.165) is 24.2 Å². The van der Waals surface area contributed by atoms with Crippen LogP contribution < -0.4 is 22.6 Å². The largest absolute Gasteiger partial charge is 0.369 e. The van der Waals surface area contributed by atoms with Crippen LogP contribution in [0.2, 0.25) is 0 Å². The lowest BCUT2D eigenvalue weighted by Crippen LogP contribution is -2.11. The summed E-state index contributed by atoms with van der Waals surface area (Å²) in [6, 6.07) is 14.9. The van der Waals surface area contributed by atoms with E-state index in [-0.39, 0.29) is 23.0 Å². The van der Waals surface area contributed by atoms with Gasteiger partial charge in [-0.05, 0) is 12.8 Å². The number of nitrogen functional groups attached to an aromatic ring is 2. The molecule has 0 fully saturated rings. The summed E-state index contributed by atoms with van der Waals surface area (Å²) >= 11 is 0. The molecule has 8 nitrogen and oxygen atoms in total. The number of benzene rings is 1. The van der Waals surface area contributed by atoms with Crippen molar-refractivity contribution in [2.75, 3.05) is 11.5 Å². The molecule has 8 heteroatoms. The quantitative estimate of drug-likeness (QED) is 0.548. The van der Waals surface area contributed by atoms with Gasteiger partial charge in [-0.3, -0.25) is 19.6 Å². The molecule has 26 heavy (non-hydrogen) atoms. The third-order valence-electron chi connectivity index (χ3n) is 3.02. The molecule has 138 valence electrons. The molecule has 0 saturated heterocycles. The van der Waals surface area contributed by atoms with Gasteiger partial charge in [0.1, 0.15) is 0 Å². The van der Waals surface area contributed by atoms with Gasteiger partial charge in [0, 0.05) is 23.5 Å². The first kappa shape index (κ1) is 20.6. The van der Waals surface area contributed by atoms with Crippen LogP contribution in [0.25, 0.3) is 0 Å². The Balaban J connectivity index is 0.000000201. The van der Waals surface area contributed by atoms with Gasteiger partial charge < -0.3 is 11.5 Å². The van der Waals surface area contributed by atoms with E-state index in [0.29, 0.717) is 0 Å². The van der Waals surface area contributed by atoms with Crippen LogP contribution in [0, 0.1) is 0 Å². The van der Waals surface area contributed by atoms with Gasteiger partial charge in [0.2, 0.25) is 11.9 Å². The Bertz CT molecular complexity index is 804. The molecular weight excluding hydrogens is 332 g/mol. The van der Waals surface area contributed by atoms with Gasteiger partial charge in [-0.25, -0.2) is 9.97 Å². The Labute approximate surface area is 151 Å². The van der Waals surface area contributed by atoms with Crippen LogP contribution in [0.4, 0.5) is 11.9 Å². The minimum Gasteiger partial charge on any atom is -0.369 e. The minimum absolute atomic E-state index is 0.185. The van der Waals surface area contributed by atoms with Crippen molar-refractivity contribution in [3.8, 4) is 0 Å². The highest BCUT2D eigenvalue weighted by Gasteiger charge is 1.94. The molecular formula is C18H24N6O2. The van der Waals surface area contributed by atoms with Crippen molar-refractivity contribution in [2.24, 2.45) is 0 Å². The minimum atomic E-state index is -0.190. The van der Waals surface area contributed by atoms with E-state index in [9.17, 15) is 9.59 Å². The van der Waals surface area contributed by atoms with E-state index in [1.54, 1.807) is 0 Å². The van der Waals surface area contributed by atoms with Crippen molar-refractivity contribution in [3.05, 3.63) is 80.6 Å². The van der Waals surface area contributed by atoms with Crippen molar-refractivity contribution < 1.29 is 0 Å². The van der Waals surface area contributed by atoms with Crippen molar-refractivity contribution in [1.82, 2.24) is 19.9 Å². The second-order valence-corrected chi connectivity index (χ2v) is 5.11. The number of H-pyrrole nitrogens is 2. The van der Waals surface area contributed by atoms with Gasteiger partial charge in [-0.15, -0.1) is 0 Å². The first-order valence-corrected chi connectivity index (χ1v) is 8.16. The molecule has 3 rings (SSSR count). The number of hydrogen-bond acceptors (Lipinski definition) is 6. The Hall–Kier alpha value is -3.42. The molecule has 2 heterocycles. The molecule has 0 aliphatic carbocycles. The summed E-state index contributed by atoms with van der Waals surface area (Å²) < 4.78 is 0. The average Bonchev–Trinajstić information content (AvgIpc) is 2.62. The Kier molecular flexibility index (Phi) is 8.88. The highest BCUT2D eigenvalue weighted by Crippen LogP contribution is 1.92. The van der Waals surface area contributed by atoms with Crippen molar-refractivity contribution in [3.63, 3.8) is 0 Å². The number of aromatic amines is 2. The highest BCUT2D eigenvalue weighted by atomic mass is 16.1. The molecule has 0 unspecified atom stereocenters. The molecule has 0 aliphatic rings. The topological polar surface area (TPSA) is 144 Å². The van der Waals surface area contributed by atoms with Gasteiger partial charge in [-0.1, -0.05) is 50.2 Å². The average molecular weight is 356 g/mol. The number of nitrogens with two attached hydrogens (primary N) is 2. The molecule has 0 aliphatic heterocycles. The number of nitrogens with zero attached hydrogens (tertiary/aromatic N) is 2. The van der Waals surface area contributed by atoms with E-state index in [4.69, 9.17) is 11.5 Å². The molecule has 0 radical (unpaired) electrons. The Morgan fingerprint density at radius 2 is 1.04 bits per heavy atom. The fourth-order valence-electron chi connectivity index (χ4n) is 1.80. The number of nitrogens with one attached hydrogen (secondary N) is 2. The molecule has 0 amide bonds. The molecule has 2 aromatic heterocycles. The van der Waals surface area contributed by atoms with Crippen LogP contribution in [-0.4, -0.2) is 19.9 Å². The predicted molar refractivity (Wildman–Crippen MR) is 104 cm³/mol. The lowest BCUT2D eigenvalue weighted by atomic mass is 10.3. The van der Waals surface area contributed by atoms with Crippen LogP contribution in [-0.2, 0) is 12.8 Å². The maximum Gasteiger partial charge on any atom is 0.252 e. The third-order valence-corrected chi connectivity index (χ3v) is 3.02. The lowest BCUT2D eigenvalue weighted by molar-refractivity contribution is 0.991. The summed E-state index contributed by atoms with van der Waals surface area (Å²) in [5, 5.41) is 0. The van der Waals surface area contributed by atoms with Crippen LogP contribution in [0.3, 0.4) is 0 Å². The normalized spacial score (nSPS) is 9.31. The van der Waals surface area contributed by atoms with E-state index < -0.39 is 0 Å². The van der Waals surface area contributed by atoms with Gasteiger partial charge in [-0.2, -0.15) is 0 Å². The van der Waals surface area contributed by atoms with Crippen LogP contribution in [0.1, 0.15) is 25.2 Å². The lowest BCUT2D eigenvalue weighted by Gasteiger charge is -1.94. The van der Waals surface area contributed by atoms with Crippen LogP contribution in [0.5, 0.6) is 0 Å². The summed E-state index contributed by atoms with van der Waals surface area (Å²) in [7, 11) is 0. The predicted octanol–water partition coefficient (Wildman–Crippen LogP) is 1.52. The molecule has 6 N–H and O–H groups in total. The monoisotopic (exact) mass is 356 g/mol. The zero-order valence-electron chi connectivity index (χ0n) is 14.9. The van der Waals surface area contributed by atoms with Crippen molar-refractivity contribution >= 4 is 11.9 Å². The molecule has 0 atom stereocenters. The summed E-state index contributed by atoms with van der Waals surface area (Å²) in [5.74, 6) is 0.369. The molecule has 0 bridgehead atoms. The van der Waals surface area contributed by atoms with Gasteiger partial charge in [0.15, 0.2) is 0 Å². The summed E-state index contributed by atoms with van der Waals surface area (Å²) in [6.45, 7) is 3.84. The van der Waals surface area contributed by atoms with E-state index in [2.05, 4.69) is 19.9 Å². The third kappa shape index (κ3) is 8.44. The molecule has 3 aromatic rings. The number of anilines is 2. The maximum atomic E-state index is 10.7. The summed E-state index contributed by atoms with van der Waals surface area (Å²) in [4.78, 5) is 33.9. The first-order valence-electron chi connectivity index (χ1n) is 8.16. The SMILES string of the molecule is CCc1cc(=O)[nH]c(N)n1.CCc1cc(=O)[nH]c(N)n1.c1ccccc1. The fourth-order valence-corrected chi connectivity index (χ4v) is 1.80. The molecule has 0 saturated carbocycles. The highest BCUT2D eigenvalue weighted by molar-refractivity contribution is 5.17. The zero-order valence-corrected chi connectivity index (χ0v) is 14.9. The number of aromatic nitrogens is 4. The molecule has 0 spiro atoms. The van der Waals surface area contributed by atoms with Crippen molar-refractivity contribution in [1.29, 1.82) is 0 Å². The maximum absolute atomic E-state index is 10.7. The first-order chi connectivity index (χ1) is 12.4. The van der Waals surface area contributed by atoms with Crippen molar-refractivity contribution in [2.45, 2.75) is 26.7 Å².